The van der Waals surface area contributed by atoms with E-state index in [0.717, 1.165) is 0 Å². The second kappa shape index (κ2) is 3.24. The summed E-state index contributed by atoms with van der Waals surface area (Å²) in [6.07, 6.45) is 0. The van der Waals surface area contributed by atoms with E-state index in [4.69, 9.17) is 9.66 Å². The summed E-state index contributed by atoms with van der Waals surface area (Å²) in [6.45, 7) is 0.371. The number of nitrogens with one attached hydrogen (secondary N) is 1. The van der Waals surface area contributed by atoms with Crippen LogP contribution in [0.4, 0.5) is 0 Å². The first-order chi connectivity index (χ1) is 5.41. The Morgan fingerprint density at radius 3 is 2.67 bits per heavy atom. The molecule has 7 nitrogen and oxygen atoms in total. The molecule has 0 aromatic rings. The van der Waals surface area contributed by atoms with Gasteiger partial charge in [-0.05, 0) is 0 Å². The number of hydrogen-bond acceptors (Lipinski definition) is 6. The lowest BCUT2D eigenvalue weighted by Crippen LogP contribution is -2.52. The monoisotopic (exact) mass is 199 g/mol. The Hall–Kier alpha value is -0.250. The summed E-state index contributed by atoms with van der Waals surface area (Å²) in [5.74, 6) is -2.29. The van der Waals surface area contributed by atoms with Gasteiger partial charge in [0, 0.05) is 6.54 Å². The summed E-state index contributed by atoms with van der Waals surface area (Å²) in [7, 11) is -4.70. The van der Waals surface area contributed by atoms with Gasteiger partial charge >= 0.3 is 16.4 Å². The number of morpholine rings is 1. The standard InChI is InChI=1S/C4H9NO6S/c6-4(11-12(7,8)9)3-5-1-2-10-4/h5-6H,1-3H2,(H,7,8,9). The molecule has 1 unspecified atom stereocenters. The minimum absolute atomic E-state index is 0.103. The zero-order valence-electron chi connectivity index (χ0n) is 6.06. The van der Waals surface area contributed by atoms with Gasteiger partial charge in [0.15, 0.2) is 0 Å². The Morgan fingerprint density at radius 2 is 2.25 bits per heavy atom. The highest BCUT2D eigenvalue weighted by molar-refractivity contribution is 7.80. The van der Waals surface area contributed by atoms with E-state index >= 15 is 0 Å². The molecule has 1 saturated heterocycles. The van der Waals surface area contributed by atoms with Gasteiger partial charge in [-0.15, -0.1) is 0 Å². The van der Waals surface area contributed by atoms with E-state index in [2.05, 4.69) is 14.2 Å². The summed E-state index contributed by atoms with van der Waals surface area (Å²) in [5, 5.41) is 11.8. The van der Waals surface area contributed by atoms with Crippen molar-refractivity contribution in [3.8, 4) is 0 Å². The molecule has 8 heteroatoms. The summed E-state index contributed by atoms with van der Waals surface area (Å²) < 4.78 is 37.0. The molecular weight excluding hydrogens is 190 g/mol. The number of ether oxygens (including phenoxy) is 1. The Morgan fingerprint density at radius 1 is 1.58 bits per heavy atom. The molecule has 1 atom stereocenters. The molecule has 72 valence electrons. The highest BCUT2D eigenvalue weighted by Gasteiger charge is 2.36. The number of β-amino-alcohol motifs (C(OH)–C–C–N with tert-alkyl or cyclic N) is 1. The molecule has 1 aliphatic heterocycles. The topological polar surface area (TPSA) is 105 Å². The van der Waals surface area contributed by atoms with Gasteiger partial charge in [-0.2, -0.15) is 12.6 Å². The third-order valence-electron chi connectivity index (χ3n) is 1.19. The zero-order valence-corrected chi connectivity index (χ0v) is 6.87. The van der Waals surface area contributed by atoms with E-state index in [0.29, 0.717) is 6.54 Å². The molecule has 0 radical (unpaired) electrons. The quantitative estimate of drug-likeness (QED) is 0.351. The van der Waals surface area contributed by atoms with Crippen molar-refractivity contribution in [2.45, 2.75) is 5.97 Å². The Balaban J connectivity index is 2.59. The maximum Gasteiger partial charge on any atom is 0.401 e. The molecule has 0 aromatic carbocycles. The fourth-order valence-electron chi connectivity index (χ4n) is 0.798. The fraction of sp³-hybridized carbons (Fsp3) is 1.00. The number of rotatable bonds is 2. The second-order valence-corrected chi connectivity index (χ2v) is 3.27. The van der Waals surface area contributed by atoms with Crippen LogP contribution in [-0.2, 0) is 19.3 Å². The lowest BCUT2D eigenvalue weighted by Gasteiger charge is -2.29. The molecule has 0 aliphatic carbocycles. The van der Waals surface area contributed by atoms with Gasteiger partial charge in [0.2, 0.25) is 0 Å². The van der Waals surface area contributed by atoms with Gasteiger partial charge in [0.25, 0.3) is 0 Å². The van der Waals surface area contributed by atoms with E-state index in [-0.39, 0.29) is 13.2 Å². The van der Waals surface area contributed by atoms with Crippen LogP contribution in [0.5, 0.6) is 0 Å². The molecule has 0 aromatic heterocycles. The predicted molar refractivity (Wildman–Crippen MR) is 36.4 cm³/mol. The van der Waals surface area contributed by atoms with Crippen LogP contribution in [0.2, 0.25) is 0 Å². The van der Waals surface area contributed by atoms with Crippen LogP contribution in [0.1, 0.15) is 0 Å². The molecular formula is C4H9NO6S. The predicted octanol–water partition coefficient (Wildman–Crippen LogP) is -1.93. The fourth-order valence-corrected chi connectivity index (χ4v) is 1.23. The minimum Gasteiger partial charge on any atom is -0.341 e. The van der Waals surface area contributed by atoms with Crippen molar-refractivity contribution in [2.24, 2.45) is 0 Å². The van der Waals surface area contributed by atoms with Crippen molar-refractivity contribution >= 4 is 10.4 Å². The van der Waals surface area contributed by atoms with Crippen LogP contribution in [-0.4, -0.2) is 43.7 Å². The minimum atomic E-state index is -4.70. The van der Waals surface area contributed by atoms with Crippen LogP contribution in [0.25, 0.3) is 0 Å². The van der Waals surface area contributed by atoms with Gasteiger partial charge < -0.3 is 15.2 Å². The molecule has 1 rings (SSSR count). The second-order valence-electron chi connectivity index (χ2n) is 2.25. The van der Waals surface area contributed by atoms with Gasteiger partial charge in [-0.25, -0.2) is 0 Å². The first-order valence-corrected chi connectivity index (χ1v) is 4.53. The molecule has 1 heterocycles. The molecule has 3 N–H and O–H groups in total. The van der Waals surface area contributed by atoms with E-state index in [9.17, 15) is 8.42 Å². The Bertz CT molecular complexity index is 242. The van der Waals surface area contributed by atoms with Gasteiger partial charge in [-0.1, -0.05) is 0 Å². The highest BCUT2D eigenvalue weighted by Crippen LogP contribution is 2.13. The molecule has 0 bridgehead atoms. The van der Waals surface area contributed by atoms with Gasteiger partial charge in [0.1, 0.15) is 0 Å². The third kappa shape index (κ3) is 3.01. The SMILES string of the molecule is O=S(=O)(O)OC1(O)CNCCO1. The van der Waals surface area contributed by atoms with Crippen LogP contribution in [0.3, 0.4) is 0 Å². The average Bonchev–Trinajstić information content (AvgIpc) is 1.83. The van der Waals surface area contributed by atoms with Gasteiger partial charge in [0.05, 0.1) is 13.2 Å². The normalized spacial score (nSPS) is 31.8. The Labute approximate surface area is 69.2 Å². The lowest BCUT2D eigenvalue weighted by atomic mass is 10.4. The van der Waals surface area contributed by atoms with E-state index in [1.165, 1.54) is 0 Å². The molecule has 12 heavy (non-hydrogen) atoms. The Kier molecular flexibility index (Phi) is 2.66. The molecule has 0 saturated carbocycles. The van der Waals surface area contributed by atoms with E-state index < -0.39 is 16.4 Å². The molecule has 0 spiro atoms. The highest BCUT2D eigenvalue weighted by atomic mass is 32.3. The molecule has 1 fully saturated rings. The van der Waals surface area contributed by atoms with Crippen molar-refractivity contribution < 1.29 is 27.0 Å². The number of hydrogen-bond donors (Lipinski definition) is 3. The maximum absolute atomic E-state index is 10.2. The summed E-state index contributed by atoms with van der Waals surface area (Å²) >= 11 is 0. The molecule has 1 aliphatic rings. The summed E-state index contributed by atoms with van der Waals surface area (Å²) in [6, 6.07) is 0. The molecule has 0 amide bonds. The zero-order chi connectivity index (χ0) is 9.24. The first kappa shape index (κ1) is 9.84. The largest absolute Gasteiger partial charge is 0.401 e. The van der Waals surface area contributed by atoms with Crippen LogP contribution >= 0.6 is 0 Å². The average molecular weight is 199 g/mol. The summed E-state index contributed by atoms with van der Waals surface area (Å²) in [4.78, 5) is 0. The van der Waals surface area contributed by atoms with Crippen molar-refractivity contribution in [2.75, 3.05) is 19.7 Å². The third-order valence-corrected chi connectivity index (χ3v) is 1.66. The van der Waals surface area contributed by atoms with E-state index in [1.807, 2.05) is 0 Å². The van der Waals surface area contributed by atoms with Crippen LogP contribution in [0, 0.1) is 0 Å². The first-order valence-electron chi connectivity index (χ1n) is 3.16. The van der Waals surface area contributed by atoms with Crippen molar-refractivity contribution in [1.29, 1.82) is 0 Å². The maximum atomic E-state index is 10.2. The van der Waals surface area contributed by atoms with Crippen molar-refractivity contribution in [3.05, 3.63) is 0 Å². The lowest BCUT2D eigenvalue weighted by molar-refractivity contribution is -0.325. The van der Waals surface area contributed by atoms with Crippen molar-refractivity contribution in [3.63, 3.8) is 0 Å². The van der Waals surface area contributed by atoms with Crippen LogP contribution < -0.4 is 5.32 Å². The van der Waals surface area contributed by atoms with Crippen molar-refractivity contribution in [1.82, 2.24) is 5.32 Å². The van der Waals surface area contributed by atoms with E-state index in [1.54, 1.807) is 0 Å². The van der Waals surface area contributed by atoms with Gasteiger partial charge in [-0.3, -0.25) is 4.55 Å². The summed E-state index contributed by atoms with van der Waals surface area (Å²) in [5.41, 5.74) is 0. The smallest absolute Gasteiger partial charge is 0.341 e. The number of aliphatic hydroxyl groups is 1. The van der Waals surface area contributed by atoms with Crippen LogP contribution in [0.15, 0.2) is 0 Å².